The molecule has 0 aliphatic heterocycles. The van der Waals surface area contributed by atoms with Crippen molar-refractivity contribution in [3.05, 3.63) is 71.9 Å². The van der Waals surface area contributed by atoms with Gasteiger partial charge in [-0.15, -0.1) is 0 Å². The molecule has 0 fully saturated rings. The van der Waals surface area contributed by atoms with Crippen LogP contribution in [0.2, 0.25) is 0 Å². The van der Waals surface area contributed by atoms with E-state index < -0.39 is 0 Å². The second-order valence-corrected chi connectivity index (χ2v) is 6.36. The van der Waals surface area contributed by atoms with Crippen molar-refractivity contribution in [3.63, 3.8) is 0 Å². The van der Waals surface area contributed by atoms with E-state index in [4.69, 9.17) is 4.74 Å². The number of anilines is 3. The molecule has 3 rings (SSSR count). The van der Waals surface area contributed by atoms with Crippen LogP contribution >= 0.6 is 0 Å². The average molecular weight is 348 g/mol. The van der Waals surface area contributed by atoms with E-state index in [0.717, 1.165) is 17.3 Å². The Kier molecular flexibility index (Phi) is 5.69. The van der Waals surface area contributed by atoms with Crippen molar-refractivity contribution >= 4 is 17.5 Å². The number of benzene rings is 2. The van der Waals surface area contributed by atoms with Crippen LogP contribution in [0.25, 0.3) is 0 Å². The zero-order chi connectivity index (χ0) is 18.4. The average Bonchev–Trinajstić information content (AvgIpc) is 2.63. The second kappa shape index (κ2) is 8.34. The molecular weight excluding hydrogens is 324 g/mol. The van der Waals surface area contributed by atoms with Gasteiger partial charge in [0, 0.05) is 18.4 Å². The van der Waals surface area contributed by atoms with Gasteiger partial charge in [0.2, 0.25) is 5.95 Å². The van der Waals surface area contributed by atoms with E-state index in [1.54, 1.807) is 6.20 Å². The Hall–Kier alpha value is -3.08. The summed E-state index contributed by atoms with van der Waals surface area (Å²) in [6.07, 6.45) is 1.91. The van der Waals surface area contributed by atoms with Crippen molar-refractivity contribution in [1.29, 1.82) is 0 Å². The van der Waals surface area contributed by atoms with Crippen LogP contribution in [0.5, 0.6) is 5.75 Å². The molecule has 0 radical (unpaired) electrons. The smallest absolute Gasteiger partial charge is 0.224 e. The highest BCUT2D eigenvalue weighted by molar-refractivity contribution is 5.57. The topological polar surface area (TPSA) is 59.1 Å². The molecule has 2 N–H and O–H groups in total. The summed E-state index contributed by atoms with van der Waals surface area (Å²) in [4.78, 5) is 8.81. The van der Waals surface area contributed by atoms with Gasteiger partial charge in [0.1, 0.15) is 11.6 Å². The Morgan fingerprint density at radius 1 is 1.00 bits per heavy atom. The van der Waals surface area contributed by atoms with Crippen LogP contribution in [0, 0.1) is 6.92 Å². The number of rotatable bonds is 7. The normalized spacial score (nSPS) is 10.6. The molecule has 5 nitrogen and oxygen atoms in total. The van der Waals surface area contributed by atoms with Gasteiger partial charge in [0.05, 0.1) is 6.10 Å². The van der Waals surface area contributed by atoms with Crippen molar-refractivity contribution in [2.75, 3.05) is 10.6 Å². The van der Waals surface area contributed by atoms with E-state index in [1.165, 1.54) is 11.1 Å². The number of aromatic nitrogens is 2. The molecule has 134 valence electrons. The third kappa shape index (κ3) is 4.96. The molecule has 0 bridgehead atoms. The van der Waals surface area contributed by atoms with Gasteiger partial charge in [-0.2, -0.15) is 4.98 Å². The predicted molar refractivity (Wildman–Crippen MR) is 106 cm³/mol. The van der Waals surface area contributed by atoms with E-state index in [0.29, 0.717) is 12.5 Å². The van der Waals surface area contributed by atoms with Gasteiger partial charge < -0.3 is 15.4 Å². The van der Waals surface area contributed by atoms with E-state index in [-0.39, 0.29) is 6.10 Å². The van der Waals surface area contributed by atoms with Crippen molar-refractivity contribution in [1.82, 2.24) is 9.97 Å². The third-order valence-electron chi connectivity index (χ3n) is 3.85. The summed E-state index contributed by atoms with van der Waals surface area (Å²) < 4.78 is 5.66. The maximum Gasteiger partial charge on any atom is 0.224 e. The molecule has 0 saturated carbocycles. The first-order valence-corrected chi connectivity index (χ1v) is 8.75. The molecule has 0 saturated heterocycles. The molecule has 0 atom stereocenters. The fraction of sp³-hybridized carbons (Fsp3) is 0.238. The fourth-order valence-electron chi connectivity index (χ4n) is 2.53. The first kappa shape index (κ1) is 17.7. The lowest BCUT2D eigenvalue weighted by Gasteiger charge is -2.11. The number of hydrogen-bond donors (Lipinski definition) is 2. The molecule has 3 aromatic rings. The zero-order valence-electron chi connectivity index (χ0n) is 15.4. The zero-order valence-corrected chi connectivity index (χ0v) is 15.4. The summed E-state index contributed by atoms with van der Waals surface area (Å²) in [5, 5.41) is 6.56. The van der Waals surface area contributed by atoms with Gasteiger partial charge in [0.15, 0.2) is 0 Å². The largest absolute Gasteiger partial charge is 0.491 e. The van der Waals surface area contributed by atoms with Gasteiger partial charge in [-0.3, -0.25) is 0 Å². The van der Waals surface area contributed by atoms with E-state index >= 15 is 0 Å². The summed E-state index contributed by atoms with van der Waals surface area (Å²) >= 11 is 0. The maximum absolute atomic E-state index is 5.66. The number of nitrogens with zero attached hydrogens (tertiary/aromatic N) is 2. The lowest BCUT2D eigenvalue weighted by molar-refractivity contribution is 0.242. The van der Waals surface area contributed by atoms with Crippen LogP contribution < -0.4 is 15.4 Å². The minimum Gasteiger partial charge on any atom is -0.491 e. The van der Waals surface area contributed by atoms with Crippen molar-refractivity contribution in [2.24, 2.45) is 0 Å². The van der Waals surface area contributed by atoms with Crippen molar-refractivity contribution in [2.45, 2.75) is 33.4 Å². The molecule has 0 aliphatic carbocycles. The number of nitrogens with one attached hydrogen (secondary N) is 2. The first-order valence-electron chi connectivity index (χ1n) is 8.75. The Morgan fingerprint density at radius 3 is 2.50 bits per heavy atom. The lowest BCUT2D eigenvalue weighted by Crippen LogP contribution is -2.06. The summed E-state index contributed by atoms with van der Waals surface area (Å²) in [5.74, 6) is 2.19. The van der Waals surface area contributed by atoms with Crippen LogP contribution in [0.15, 0.2) is 60.8 Å². The monoisotopic (exact) mass is 348 g/mol. The third-order valence-corrected chi connectivity index (χ3v) is 3.85. The molecule has 0 unspecified atom stereocenters. The first-order chi connectivity index (χ1) is 12.6. The summed E-state index contributed by atoms with van der Waals surface area (Å²) in [6.45, 7) is 6.82. The summed E-state index contributed by atoms with van der Waals surface area (Å²) in [6, 6.07) is 18.0. The number of hydrogen-bond acceptors (Lipinski definition) is 5. The second-order valence-electron chi connectivity index (χ2n) is 6.36. The van der Waals surface area contributed by atoms with E-state index in [9.17, 15) is 0 Å². The Balaban J connectivity index is 1.63. The summed E-state index contributed by atoms with van der Waals surface area (Å²) in [5.41, 5.74) is 3.43. The Labute approximate surface area is 154 Å². The van der Waals surface area contributed by atoms with Crippen LogP contribution in [0.4, 0.5) is 17.5 Å². The SMILES string of the molecule is Cc1ccccc1CNc1nccc(Nc2ccc(OC(C)C)cc2)n1. The van der Waals surface area contributed by atoms with Crippen LogP contribution in [-0.2, 0) is 6.54 Å². The molecule has 0 amide bonds. The standard InChI is InChI=1S/C21H24N4O/c1-15(2)26-19-10-8-18(9-11-19)24-20-12-13-22-21(25-20)23-14-17-7-5-4-6-16(17)3/h4-13,15H,14H2,1-3H3,(H2,22,23,24,25). The molecule has 0 aliphatic rings. The Bertz CT molecular complexity index is 847. The van der Waals surface area contributed by atoms with E-state index in [1.807, 2.05) is 56.3 Å². The molecule has 5 heteroatoms. The highest BCUT2D eigenvalue weighted by Crippen LogP contribution is 2.20. The van der Waals surface area contributed by atoms with E-state index in [2.05, 4.69) is 39.7 Å². The Morgan fingerprint density at radius 2 is 1.77 bits per heavy atom. The van der Waals surface area contributed by atoms with Crippen LogP contribution in [-0.4, -0.2) is 16.1 Å². The molecule has 2 aromatic carbocycles. The molecule has 1 aromatic heterocycles. The fourth-order valence-corrected chi connectivity index (χ4v) is 2.53. The molecule has 1 heterocycles. The maximum atomic E-state index is 5.66. The molecule has 26 heavy (non-hydrogen) atoms. The minimum atomic E-state index is 0.164. The van der Waals surface area contributed by atoms with Gasteiger partial charge in [-0.05, 0) is 62.2 Å². The minimum absolute atomic E-state index is 0.164. The molecule has 0 spiro atoms. The van der Waals surface area contributed by atoms with Gasteiger partial charge in [-0.1, -0.05) is 24.3 Å². The number of ether oxygens (including phenoxy) is 1. The lowest BCUT2D eigenvalue weighted by atomic mass is 10.1. The number of aryl methyl sites for hydroxylation is 1. The van der Waals surface area contributed by atoms with Gasteiger partial charge in [0.25, 0.3) is 0 Å². The molecular formula is C21H24N4O. The van der Waals surface area contributed by atoms with Crippen molar-refractivity contribution < 1.29 is 4.74 Å². The summed E-state index contributed by atoms with van der Waals surface area (Å²) in [7, 11) is 0. The quantitative estimate of drug-likeness (QED) is 0.634. The predicted octanol–water partition coefficient (Wildman–Crippen LogP) is 4.93. The highest BCUT2D eigenvalue weighted by atomic mass is 16.5. The van der Waals surface area contributed by atoms with Gasteiger partial charge >= 0.3 is 0 Å². The van der Waals surface area contributed by atoms with Crippen LogP contribution in [0.3, 0.4) is 0 Å². The van der Waals surface area contributed by atoms with Crippen molar-refractivity contribution in [3.8, 4) is 5.75 Å². The van der Waals surface area contributed by atoms with Crippen LogP contribution in [0.1, 0.15) is 25.0 Å². The van der Waals surface area contributed by atoms with Gasteiger partial charge in [-0.25, -0.2) is 4.98 Å². The highest BCUT2D eigenvalue weighted by Gasteiger charge is 2.03.